The molecule has 0 bridgehead atoms. The molecular formula is C19H23NO3. The molecule has 4 heteroatoms. The SMILES string of the molecule is CCC(=O)N(CCc1cccc(OC)c1)c1ccc(OC)cc1. The Morgan fingerprint density at radius 3 is 2.30 bits per heavy atom. The molecule has 0 heterocycles. The molecule has 23 heavy (non-hydrogen) atoms. The lowest BCUT2D eigenvalue weighted by Crippen LogP contribution is -2.32. The number of carbonyl (C=O) groups is 1. The van der Waals surface area contributed by atoms with Gasteiger partial charge in [-0.2, -0.15) is 0 Å². The normalized spacial score (nSPS) is 10.2. The van der Waals surface area contributed by atoms with E-state index in [1.54, 1.807) is 14.2 Å². The summed E-state index contributed by atoms with van der Waals surface area (Å²) in [5, 5.41) is 0. The number of anilines is 1. The fourth-order valence-corrected chi connectivity index (χ4v) is 2.42. The molecule has 0 aromatic heterocycles. The van der Waals surface area contributed by atoms with Gasteiger partial charge in [0.15, 0.2) is 0 Å². The first-order chi connectivity index (χ1) is 11.2. The number of carbonyl (C=O) groups excluding carboxylic acids is 1. The van der Waals surface area contributed by atoms with Crippen molar-refractivity contribution in [3.05, 3.63) is 54.1 Å². The Kier molecular flexibility index (Phi) is 6.03. The molecule has 0 N–H and O–H groups in total. The van der Waals surface area contributed by atoms with Crippen LogP contribution in [0.4, 0.5) is 5.69 Å². The molecule has 0 spiro atoms. The van der Waals surface area contributed by atoms with Gasteiger partial charge in [0.2, 0.25) is 5.91 Å². The molecule has 122 valence electrons. The van der Waals surface area contributed by atoms with Crippen molar-refractivity contribution in [2.45, 2.75) is 19.8 Å². The third-order valence-electron chi connectivity index (χ3n) is 3.75. The number of methoxy groups -OCH3 is 2. The second-order valence-corrected chi connectivity index (χ2v) is 5.20. The van der Waals surface area contributed by atoms with E-state index in [0.29, 0.717) is 13.0 Å². The summed E-state index contributed by atoms with van der Waals surface area (Å²) in [5.41, 5.74) is 2.03. The lowest BCUT2D eigenvalue weighted by molar-refractivity contribution is -0.118. The second-order valence-electron chi connectivity index (χ2n) is 5.20. The van der Waals surface area contributed by atoms with E-state index in [-0.39, 0.29) is 5.91 Å². The Hall–Kier alpha value is -2.49. The van der Waals surface area contributed by atoms with Gasteiger partial charge in [0.1, 0.15) is 11.5 Å². The van der Waals surface area contributed by atoms with Gasteiger partial charge in [-0.3, -0.25) is 4.79 Å². The first-order valence-electron chi connectivity index (χ1n) is 7.75. The quantitative estimate of drug-likeness (QED) is 0.782. The Labute approximate surface area is 137 Å². The van der Waals surface area contributed by atoms with E-state index in [9.17, 15) is 4.79 Å². The van der Waals surface area contributed by atoms with Gasteiger partial charge in [-0.15, -0.1) is 0 Å². The molecule has 0 unspecified atom stereocenters. The standard InChI is InChI=1S/C19H23NO3/c1-4-19(21)20(16-8-10-17(22-2)11-9-16)13-12-15-6-5-7-18(14-15)23-3/h5-11,14H,4,12-13H2,1-3H3. The molecule has 4 nitrogen and oxygen atoms in total. The maximum atomic E-state index is 12.3. The minimum absolute atomic E-state index is 0.109. The van der Waals surface area contributed by atoms with Crippen molar-refractivity contribution in [3.63, 3.8) is 0 Å². The highest BCUT2D eigenvalue weighted by atomic mass is 16.5. The third-order valence-corrected chi connectivity index (χ3v) is 3.75. The number of ether oxygens (including phenoxy) is 2. The van der Waals surface area contributed by atoms with Gasteiger partial charge in [0, 0.05) is 18.7 Å². The van der Waals surface area contributed by atoms with Crippen LogP contribution in [0, 0.1) is 0 Å². The largest absolute Gasteiger partial charge is 0.497 e. The van der Waals surface area contributed by atoms with E-state index < -0.39 is 0 Å². The minimum atomic E-state index is 0.109. The third kappa shape index (κ3) is 4.49. The van der Waals surface area contributed by atoms with Gasteiger partial charge in [-0.25, -0.2) is 0 Å². The minimum Gasteiger partial charge on any atom is -0.497 e. The zero-order valence-corrected chi connectivity index (χ0v) is 13.9. The molecule has 0 saturated carbocycles. The lowest BCUT2D eigenvalue weighted by Gasteiger charge is -2.23. The van der Waals surface area contributed by atoms with Crippen LogP contribution in [0.15, 0.2) is 48.5 Å². The summed E-state index contributed by atoms with van der Waals surface area (Å²) in [6, 6.07) is 15.5. The van der Waals surface area contributed by atoms with E-state index in [1.807, 2.05) is 60.4 Å². The van der Waals surface area contributed by atoms with Gasteiger partial charge in [-0.05, 0) is 48.4 Å². The number of benzene rings is 2. The number of hydrogen-bond donors (Lipinski definition) is 0. The summed E-state index contributed by atoms with van der Waals surface area (Å²) in [7, 11) is 3.29. The number of hydrogen-bond acceptors (Lipinski definition) is 3. The van der Waals surface area contributed by atoms with Crippen LogP contribution in [-0.2, 0) is 11.2 Å². The summed E-state index contributed by atoms with van der Waals surface area (Å²) in [6.07, 6.45) is 1.25. The maximum Gasteiger partial charge on any atom is 0.226 e. The van der Waals surface area contributed by atoms with Crippen molar-refractivity contribution in [1.29, 1.82) is 0 Å². The van der Waals surface area contributed by atoms with Crippen LogP contribution in [0.3, 0.4) is 0 Å². The summed E-state index contributed by atoms with van der Waals surface area (Å²) >= 11 is 0. The van der Waals surface area contributed by atoms with Gasteiger partial charge in [0.05, 0.1) is 14.2 Å². The zero-order valence-electron chi connectivity index (χ0n) is 13.9. The average Bonchev–Trinajstić information content (AvgIpc) is 2.62. The summed E-state index contributed by atoms with van der Waals surface area (Å²) < 4.78 is 10.4. The smallest absolute Gasteiger partial charge is 0.226 e. The summed E-state index contributed by atoms with van der Waals surface area (Å²) in [6.45, 7) is 2.51. The maximum absolute atomic E-state index is 12.3. The van der Waals surface area contributed by atoms with Crippen LogP contribution in [0.2, 0.25) is 0 Å². The van der Waals surface area contributed by atoms with Gasteiger partial charge in [0.25, 0.3) is 0 Å². The van der Waals surface area contributed by atoms with Crippen LogP contribution in [0.5, 0.6) is 11.5 Å². The fraction of sp³-hybridized carbons (Fsp3) is 0.316. The molecule has 0 saturated heterocycles. The van der Waals surface area contributed by atoms with Gasteiger partial charge >= 0.3 is 0 Å². The molecule has 2 rings (SSSR count). The predicted octanol–water partition coefficient (Wildman–Crippen LogP) is 3.69. The second kappa shape index (κ2) is 8.22. The van der Waals surface area contributed by atoms with E-state index >= 15 is 0 Å². The Balaban J connectivity index is 2.13. The molecule has 1 amide bonds. The highest BCUT2D eigenvalue weighted by molar-refractivity contribution is 5.93. The topological polar surface area (TPSA) is 38.8 Å². The summed E-state index contributed by atoms with van der Waals surface area (Å²) in [4.78, 5) is 14.1. The highest BCUT2D eigenvalue weighted by Gasteiger charge is 2.14. The lowest BCUT2D eigenvalue weighted by atomic mass is 10.1. The van der Waals surface area contributed by atoms with Crippen molar-refractivity contribution >= 4 is 11.6 Å². The van der Waals surface area contributed by atoms with Crippen LogP contribution < -0.4 is 14.4 Å². The molecule has 0 fully saturated rings. The first kappa shape index (κ1) is 16.9. The zero-order chi connectivity index (χ0) is 16.7. The molecule has 2 aromatic rings. The molecule has 2 aromatic carbocycles. The van der Waals surface area contributed by atoms with Crippen molar-refractivity contribution in [2.24, 2.45) is 0 Å². The molecule has 0 aliphatic carbocycles. The Bertz CT molecular complexity index is 637. The molecule has 0 aliphatic heterocycles. The predicted molar refractivity (Wildman–Crippen MR) is 92.3 cm³/mol. The first-order valence-corrected chi connectivity index (χ1v) is 7.75. The summed E-state index contributed by atoms with van der Waals surface area (Å²) in [5.74, 6) is 1.73. The van der Waals surface area contributed by atoms with Crippen LogP contribution >= 0.6 is 0 Å². The van der Waals surface area contributed by atoms with E-state index in [2.05, 4.69) is 0 Å². The highest BCUT2D eigenvalue weighted by Crippen LogP contribution is 2.21. The van der Waals surface area contributed by atoms with Crippen LogP contribution in [-0.4, -0.2) is 26.7 Å². The van der Waals surface area contributed by atoms with Crippen molar-refractivity contribution in [1.82, 2.24) is 0 Å². The van der Waals surface area contributed by atoms with Crippen LogP contribution in [0.1, 0.15) is 18.9 Å². The number of nitrogens with zero attached hydrogens (tertiary/aromatic N) is 1. The Morgan fingerprint density at radius 1 is 1.00 bits per heavy atom. The van der Waals surface area contributed by atoms with Crippen molar-refractivity contribution in [3.8, 4) is 11.5 Å². The fourth-order valence-electron chi connectivity index (χ4n) is 2.42. The van der Waals surface area contributed by atoms with E-state index in [0.717, 1.165) is 29.2 Å². The average molecular weight is 313 g/mol. The molecule has 0 radical (unpaired) electrons. The monoisotopic (exact) mass is 313 g/mol. The number of rotatable bonds is 7. The van der Waals surface area contributed by atoms with Crippen molar-refractivity contribution < 1.29 is 14.3 Å². The van der Waals surface area contributed by atoms with Crippen molar-refractivity contribution in [2.75, 3.05) is 25.7 Å². The van der Waals surface area contributed by atoms with Gasteiger partial charge in [-0.1, -0.05) is 19.1 Å². The van der Waals surface area contributed by atoms with E-state index in [1.165, 1.54) is 0 Å². The Morgan fingerprint density at radius 2 is 1.70 bits per heavy atom. The van der Waals surface area contributed by atoms with Gasteiger partial charge < -0.3 is 14.4 Å². The van der Waals surface area contributed by atoms with E-state index in [4.69, 9.17) is 9.47 Å². The van der Waals surface area contributed by atoms with Crippen LogP contribution in [0.25, 0.3) is 0 Å². The molecular weight excluding hydrogens is 290 g/mol. The number of amides is 1. The molecule has 0 atom stereocenters. The molecule has 0 aliphatic rings.